The van der Waals surface area contributed by atoms with Crippen molar-refractivity contribution in [3.63, 3.8) is 0 Å². The van der Waals surface area contributed by atoms with E-state index in [-0.39, 0.29) is 17.2 Å². The lowest BCUT2D eigenvalue weighted by atomic mass is 10.1. The van der Waals surface area contributed by atoms with Gasteiger partial charge in [-0.3, -0.25) is 4.79 Å². The first-order valence-corrected chi connectivity index (χ1v) is 12.3. The van der Waals surface area contributed by atoms with Gasteiger partial charge in [-0.15, -0.1) is 0 Å². The number of nitrogens with zero attached hydrogens (tertiary/aromatic N) is 3. The number of ether oxygens (including phenoxy) is 1. The summed E-state index contributed by atoms with van der Waals surface area (Å²) in [6.07, 6.45) is 2.62. The molecule has 1 saturated heterocycles. The van der Waals surface area contributed by atoms with Crippen molar-refractivity contribution in [2.45, 2.75) is 0 Å². The Balaban J connectivity index is 1.51. The molecule has 0 bridgehead atoms. The highest BCUT2D eigenvalue weighted by atomic mass is 19.1. The fourth-order valence-corrected chi connectivity index (χ4v) is 4.17. The molecule has 0 aliphatic carbocycles. The lowest BCUT2D eigenvalue weighted by Crippen LogP contribution is -2.36. The second kappa shape index (κ2) is 11.7. The van der Waals surface area contributed by atoms with E-state index in [9.17, 15) is 9.18 Å². The van der Waals surface area contributed by atoms with Gasteiger partial charge in [-0.25, -0.2) is 18.7 Å². The van der Waals surface area contributed by atoms with Gasteiger partial charge in [0.05, 0.1) is 25.1 Å². The summed E-state index contributed by atoms with van der Waals surface area (Å²) in [6, 6.07) is 17.8. The predicted molar refractivity (Wildman–Crippen MR) is 149 cm³/mol. The van der Waals surface area contributed by atoms with Crippen LogP contribution in [0, 0.1) is 11.6 Å². The van der Waals surface area contributed by atoms with Crippen molar-refractivity contribution in [2.75, 3.05) is 47.2 Å². The fraction of sp³-hybridized carbons (Fsp3) is 0.138. The number of carbonyl (C=O) groups is 1. The van der Waals surface area contributed by atoms with E-state index in [4.69, 9.17) is 4.74 Å². The maximum Gasteiger partial charge on any atom is 0.247 e. The molecular weight excluding hydrogens is 502 g/mol. The number of hydrogen-bond donors (Lipinski definition) is 3. The van der Waals surface area contributed by atoms with Gasteiger partial charge in [-0.05, 0) is 60.7 Å². The molecule has 1 aliphatic heterocycles. The Kier molecular flexibility index (Phi) is 7.74. The van der Waals surface area contributed by atoms with Crippen LogP contribution in [0.2, 0.25) is 0 Å². The van der Waals surface area contributed by atoms with E-state index >= 15 is 4.39 Å². The van der Waals surface area contributed by atoms with Crippen molar-refractivity contribution in [1.82, 2.24) is 9.97 Å². The van der Waals surface area contributed by atoms with Crippen molar-refractivity contribution in [3.05, 3.63) is 97.2 Å². The molecule has 0 unspecified atom stereocenters. The van der Waals surface area contributed by atoms with Crippen LogP contribution in [0.15, 0.2) is 85.6 Å². The largest absolute Gasteiger partial charge is 0.378 e. The Hall–Kier alpha value is -4.83. The minimum absolute atomic E-state index is 0.114. The second-order valence-corrected chi connectivity index (χ2v) is 8.75. The first kappa shape index (κ1) is 25.8. The zero-order valence-electron chi connectivity index (χ0n) is 21.0. The molecule has 39 heavy (non-hydrogen) atoms. The molecule has 5 rings (SSSR count). The lowest BCUT2D eigenvalue weighted by Gasteiger charge is -2.29. The SMILES string of the molecule is C=CC(=O)Nc1ccc(F)c(-c2nc(Nc3cccc(N4CCOCC4)c3)ncc2Nc2cccc(F)c2)c1. The quantitative estimate of drug-likeness (QED) is 0.246. The normalized spacial score (nSPS) is 13.0. The fourth-order valence-electron chi connectivity index (χ4n) is 4.17. The number of benzene rings is 3. The van der Waals surface area contributed by atoms with Crippen molar-refractivity contribution in [1.29, 1.82) is 0 Å². The van der Waals surface area contributed by atoms with Crippen LogP contribution in [0.1, 0.15) is 0 Å². The number of halogens is 2. The van der Waals surface area contributed by atoms with Gasteiger partial charge < -0.3 is 25.6 Å². The van der Waals surface area contributed by atoms with Gasteiger partial charge in [0.15, 0.2) is 0 Å². The van der Waals surface area contributed by atoms with Crippen molar-refractivity contribution >= 4 is 40.3 Å². The molecule has 8 nitrogen and oxygen atoms in total. The van der Waals surface area contributed by atoms with Crippen LogP contribution in [0.25, 0.3) is 11.3 Å². The van der Waals surface area contributed by atoms with Crippen LogP contribution in [0.4, 0.5) is 43.2 Å². The Bertz CT molecular complexity index is 1510. The van der Waals surface area contributed by atoms with E-state index < -0.39 is 17.5 Å². The molecule has 0 spiro atoms. The summed E-state index contributed by atoms with van der Waals surface area (Å²) in [6.45, 7) is 6.37. The Morgan fingerprint density at radius 1 is 0.949 bits per heavy atom. The lowest BCUT2D eigenvalue weighted by molar-refractivity contribution is -0.111. The van der Waals surface area contributed by atoms with E-state index in [1.807, 2.05) is 24.3 Å². The molecule has 2 heterocycles. The summed E-state index contributed by atoms with van der Waals surface area (Å²) in [7, 11) is 0. The molecule has 0 radical (unpaired) electrons. The molecule has 3 N–H and O–H groups in total. The van der Waals surface area contributed by atoms with Gasteiger partial charge in [-0.2, -0.15) is 0 Å². The van der Waals surface area contributed by atoms with E-state index in [0.717, 1.165) is 30.5 Å². The van der Waals surface area contributed by atoms with Crippen molar-refractivity contribution in [2.24, 2.45) is 0 Å². The Morgan fingerprint density at radius 3 is 2.49 bits per heavy atom. The van der Waals surface area contributed by atoms with E-state index in [1.54, 1.807) is 12.1 Å². The number of carbonyl (C=O) groups excluding carboxylic acids is 1. The van der Waals surface area contributed by atoms with Crippen LogP contribution in [0.5, 0.6) is 0 Å². The predicted octanol–water partition coefficient (Wildman–Crippen LogP) is 5.87. The average Bonchev–Trinajstić information content (AvgIpc) is 2.95. The Morgan fingerprint density at radius 2 is 1.72 bits per heavy atom. The number of hydrogen-bond acceptors (Lipinski definition) is 7. The summed E-state index contributed by atoms with van der Waals surface area (Å²) >= 11 is 0. The first-order valence-electron chi connectivity index (χ1n) is 12.3. The van der Waals surface area contributed by atoms with E-state index in [0.29, 0.717) is 30.3 Å². The highest BCUT2D eigenvalue weighted by Crippen LogP contribution is 2.33. The molecule has 1 amide bonds. The van der Waals surface area contributed by atoms with Crippen LogP contribution in [-0.2, 0) is 9.53 Å². The summed E-state index contributed by atoms with van der Waals surface area (Å²) in [4.78, 5) is 23.1. The third-order valence-electron chi connectivity index (χ3n) is 6.05. The molecule has 1 fully saturated rings. The van der Waals surface area contributed by atoms with Gasteiger partial charge in [0.1, 0.15) is 17.3 Å². The standard InChI is InChI=1S/C29H26F2N6O2/c1-2-27(38)34-22-9-10-25(31)24(17-22)28-26(33-20-6-3-5-19(30)15-20)18-32-29(36-28)35-21-7-4-8-23(16-21)37-11-13-39-14-12-37/h2-10,15-18,33H,1,11-14H2,(H,34,38)(H,32,35,36). The molecule has 3 aromatic carbocycles. The highest BCUT2D eigenvalue weighted by molar-refractivity contribution is 5.99. The molecule has 1 aliphatic rings. The Labute approximate surface area is 224 Å². The van der Waals surface area contributed by atoms with Crippen LogP contribution < -0.4 is 20.9 Å². The average molecular weight is 529 g/mol. The number of anilines is 6. The molecular formula is C29H26F2N6O2. The maximum absolute atomic E-state index is 15.2. The topological polar surface area (TPSA) is 91.4 Å². The van der Waals surface area contributed by atoms with Gasteiger partial charge >= 0.3 is 0 Å². The number of morpholine rings is 1. The van der Waals surface area contributed by atoms with Crippen LogP contribution >= 0.6 is 0 Å². The molecule has 198 valence electrons. The number of nitrogens with one attached hydrogen (secondary N) is 3. The molecule has 0 saturated carbocycles. The molecule has 0 atom stereocenters. The van der Waals surface area contributed by atoms with E-state index in [1.165, 1.54) is 36.5 Å². The summed E-state index contributed by atoms with van der Waals surface area (Å²) in [5, 5.41) is 8.90. The number of amides is 1. The van der Waals surface area contributed by atoms with Gasteiger partial charge in [0, 0.05) is 41.4 Å². The van der Waals surface area contributed by atoms with Crippen LogP contribution in [-0.4, -0.2) is 42.2 Å². The molecule has 10 heteroatoms. The summed E-state index contributed by atoms with van der Waals surface area (Å²) < 4.78 is 34.4. The van der Waals surface area contributed by atoms with Crippen LogP contribution in [0.3, 0.4) is 0 Å². The molecule has 1 aromatic heterocycles. The smallest absolute Gasteiger partial charge is 0.247 e. The first-order chi connectivity index (χ1) is 19.0. The zero-order chi connectivity index (χ0) is 27.2. The monoisotopic (exact) mass is 528 g/mol. The molecule has 4 aromatic rings. The minimum Gasteiger partial charge on any atom is -0.378 e. The third-order valence-corrected chi connectivity index (χ3v) is 6.05. The second-order valence-electron chi connectivity index (χ2n) is 8.75. The minimum atomic E-state index is -0.562. The number of rotatable bonds is 8. The van der Waals surface area contributed by atoms with Crippen molar-refractivity contribution in [3.8, 4) is 11.3 Å². The van der Waals surface area contributed by atoms with Gasteiger partial charge in [0.2, 0.25) is 11.9 Å². The van der Waals surface area contributed by atoms with Gasteiger partial charge in [-0.1, -0.05) is 18.7 Å². The zero-order valence-corrected chi connectivity index (χ0v) is 21.0. The van der Waals surface area contributed by atoms with Gasteiger partial charge in [0.25, 0.3) is 0 Å². The third kappa shape index (κ3) is 6.36. The van der Waals surface area contributed by atoms with E-state index in [2.05, 4.69) is 37.4 Å². The van der Waals surface area contributed by atoms with Crippen molar-refractivity contribution < 1.29 is 18.3 Å². The highest BCUT2D eigenvalue weighted by Gasteiger charge is 2.17. The summed E-state index contributed by atoms with van der Waals surface area (Å²) in [5.74, 6) is -1.20. The number of aromatic nitrogens is 2. The maximum atomic E-state index is 15.2. The summed E-state index contributed by atoms with van der Waals surface area (Å²) in [5.41, 5.74) is 3.26.